The molecule has 3 aromatic heterocycles. The zero-order valence-corrected chi connectivity index (χ0v) is 48.0. The summed E-state index contributed by atoms with van der Waals surface area (Å²) >= 11 is 0. The van der Waals surface area contributed by atoms with Gasteiger partial charge in [0.05, 0.1) is 112 Å². The van der Waals surface area contributed by atoms with E-state index in [9.17, 15) is 26.3 Å². The summed E-state index contributed by atoms with van der Waals surface area (Å²) in [5.41, 5.74) is 13.7. The number of aromatic nitrogens is 5. The quantitative estimate of drug-likeness (QED) is 0.128. The van der Waals surface area contributed by atoms with E-state index in [4.69, 9.17) is 41.2 Å². The molecular formula is C78H36N14. The molecule has 0 bridgehead atoms. The van der Waals surface area contributed by atoms with Crippen LogP contribution in [0.5, 0.6) is 0 Å². The number of rotatable bonds is 9. The highest BCUT2D eigenvalue weighted by atomic mass is 15.1. The minimum absolute atomic E-state index is 0.250. The lowest BCUT2D eigenvalue weighted by atomic mass is 9.95. The van der Waals surface area contributed by atoms with E-state index in [2.05, 4.69) is 54.3 Å². The lowest BCUT2D eigenvalue weighted by Gasteiger charge is -2.19. The van der Waals surface area contributed by atoms with E-state index in [0.717, 1.165) is 32.7 Å². The fraction of sp³-hybridized carbons (Fsp3) is 0. The van der Waals surface area contributed by atoms with Gasteiger partial charge in [0.15, 0.2) is 40.2 Å². The SMILES string of the molecule is [C-]#[N+]c1ccc(-c2ccc3c(c2)c2cc(-c4ccc([N+]#[C-])cc4[N+]#[C-])ccc2n3-c2cc(C#N)c(-n3c4ccc(-c5ccc(C#N)cc5C#N)cc4c4cc(-c5ccc(C#N)cc5C#N)ccc43)cc2-c2nc(-c3ccccc3)nc(-c3ccccc3)n2)c([N+]#[C-])c1. The van der Waals surface area contributed by atoms with Crippen molar-refractivity contribution in [2.45, 2.75) is 0 Å². The molecule has 0 fully saturated rings. The van der Waals surface area contributed by atoms with Crippen molar-refractivity contribution in [2.24, 2.45) is 0 Å². The van der Waals surface area contributed by atoms with Gasteiger partial charge < -0.3 is 9.13 Å². The first-order valence-corrected chi connectivity index (χ1v) is 28.5. The molecule has 0 spiro atoms. The van der Waals surface area contributed by atoms with Gasteiger partial charge >= 0.3 is 0 Å². The molecule has 14 rings (SSSR count). The lowest BCUT2D eigenvalue weighted by Crippen LogP contribution is -2.07. The van der Waals surface area contributed by atoms with Crippen molar-refractivity contribution in [3.63, 3.8) is 0 Å². The highest BCUT2D eigenvalue weighted by Crippen LogP contribution is 2.46. The second-order valence-corrected chi connectivity index (χ2v) is 21.5. The summed E-state index contributed by atoms with van der Waals surface area (Å²) in [6.45, 7) is 31.8. The largest absolute Gasteiger partial charge is 0.308 e. The third kappa shape index (κ3) is 9.35. The first-order valence-electron chi connectivity index (χ1n) is 28.5. The molecule has 3 heterocycles. The second kappa shape index (κ2) is 22.7. The number of nitrogens with zero attached hydrogens (tertiary/aromatic N) is 14. The Bertz CT molecular complexity index is 5620. The van der Waals surface area contributed by atoms with Crippen LogP contribution in [0.15, 0.2) is 218 Å². The van der Waals surface area contributed by atoms with Crippen LogP contribution >= 0.6 is 0 Å². The number of hydrogen-bond acceptors (Lipinski definition) is 8. The molecule has 14 nitrogen and oxygen atoms in total. The Morgan fingerprint density at radius 1 is 0.293 bits per heavy atom. The maximum atomic E-state index is 11.8. The standard InChI is InChI=1S/C78H36N14/c1-84-57-21-25-61(68(38-57)86-3)52-19-29-72-65(35-52)66-36-53(62-26-22-58(85-2)39-69(62)87-4)20-30-73(66)92(72)75-37-56(45-83)74(40-67(75)78-89-76(48-11-7-5-8-12-48)88-77(90-78)49-13-9-6-10-14-49)91-70-27-17-50(59-23-15-46(41-79)31-54(59)43-81)33-63(70)64-34-51(18-28-71(64)91)60-24-16-47(42-80)32-55(60)44-82/h5-40H. The monoisotopic (exact) mass is 1170 g/mol. The van der Waals surface area contributed by atoms with Crippen molar-refractivity contribution in [3.05, 3.63) is 292 Å². The average Bonchev–Trinajstić information content (AvgIpc) is 1.55. The summed E-state index contributed by atoms with van der Waals surface area (Å²) in [7, 11) is 0. The Hall–Kier alpha value is -14.6. The van der Waals surface area contributed by atoms with E-state index in [0.29, 0.717) is 140 Å². The van der Waals surface area contributed by atoms with Crippen molar-refractivity contribution >= 4 is 66.4 Å². The van der Waals surface area contributed by atoms with Crippen LogP contribution in [-0.2, 0) is 0 Å². The van der Waals surface area contributed by atoms with E-state index >= 15 is 0 Å². The lowest BCUT2D eigenvalue weighted by molar-refractivity contribution is 1.06. The first kappa shape index (κ1) is 55.3. The van der Waals surface area contributed by atoms with Crippen LogP contribution in [0.3, 0.4) is 0 Å². The van der Waals surface area contributed by atoms with Gasteiger partial charge in [-0.05, 0) is 129 Å². The summed E-state index contributed by atoms with van der Waals surface area (Å²) in [4.78, 5) is 30.6. The predicted octanol–water partition coefficient (Wildman–Crippen LogP) is 19.3. The van der Waals surface area contributed by atoms with Gasteiger partial charge in [-0.15, -0.1) is 0 Å². The van der Waals surface area contributed by atoms with E-state index in [1.807, 2.05) is 150 Å². The molecule has 0 aliphatic carbocycles. The van der Waals surface area contributed by atoms with Gasteiger partial charge in [0, 0.05) is 38.2 Å². The third-order valence-electron chi connectivity index (χ3n) is 16.4. The summed E-state index contributed by atoms with van der Waals surface area (Å²) in [5.74, 6) is 1.04. The van der Waals surface area contributed by atoms with Crippen LogP contribution in [0, 0.1) is 82.9 Å². The third-order valence-corrected chi connectivity index (χ3v) is 16.4. The molecule has 92 heavy (non-hydrogen) atoms. The highest BCUT2D eigenvalue weighted by molar-refractivity contribution is 6.14. The van der Waals surface area contributed by atoms with E-state index in [-0.39, 0.29) is 11.4 Å². The Morgan fingerprint density at radius 3 is 1.05 bits per heavy atom. The van der Waals surface area contributed by atoms with Gasteiger partial charge in [0.1, 0.15) is 6.07 Å². The zero-order chi connectivity index (χ0) is 63.1. The fourth-order valence-corrected chi connectivity index (χ4v) is 12.1. The number of nitriles is 5. The Balaban J connectivity index is 1.10. The van der Waals surface area contributed by atoms with Gasteiger partial charge in [-0.2, -0.15) is 26.3 Å². The van der Waals surface area contributed by atoms with Crippen molar-refractivity contribution in [1.82, 2.24) is 24.1 Å². The number of benzene rings is 11. The molecule has 14 heteroatoms. The minimum Gasteiger partial charge on any atom is -0.308 e. The van der Waals surface area contributed by atoms with Crippen LogP contribution in [0.2, 0.25) is 0 Å². The van der Waals surface area contributed by atoms with Crippen LogP contribution in [-0.4, -0.2) is 24.1 Å². The fourth-order valence-electron chi connectivity index (χ4n) is 12.1. The molecule has 11 aromatic carbocycles. The van der Waals surface area contributed by atoms with Crippen LogP contribution in [0.1, 0.15) is 27.8 Å². The first-order chi connectivity index (χ1) is 45.2. The Kier molecular flexibility index (Phi) is 13.6. The molecule has 0 radical (unpaired) electrons. The van der Waals surface area contributed by atoms with Crippen LogP contribution in [0.25, 0.3) is 153 Å². The molecule has 14 aromatic rings. The Labute approximate surface area is 526 Å². The normalized spacial score (nSPS) is 10.7. The molecular weight excluding hydrogens is 1130 g/mol. The Morgan fingerprint density at radius 2 is 0.674 bits per heavy atom. The van der Waals surface area contributed by atoms with Gasteiger partial charge in [0.25, 0.3) is 0 Å². The van der Waals surface area contributed by atoms with Gasteiger partial charge in [-0.25, -0.2) is 34.3 Å². The number of fused-ring (bicyclic) bond motifs is 6. The van der Waals surface area contributed by atoms with Crippen molar-refractivity contribution < 1.29 is 0 Å². The molecule has 0 aliphatic rings. The smallest absolute Gasteiger partial charge is 0.184 e. The minimum atomic E-state index is 0.250. The molecule has 0 unspecified atom stereocenters. The maximum Gasteiger partial charge on any atom is 0.184 e. The summed E-state index contributed by atoms with van der Waals surface area (Å²) in [5, 5.41) is 55.3. The molecule has 0 saturated carbocycles. The van der Waals surface area contributed by atoms with Gasteiger partial charge in [-0.1, -0.05) is 133 Å². The van der Waals surface area contributed by atoms with E-state index in [1.54, 1.807) is 72.8 Å². The zero-order valence-electron chi connectivity index (χ0n) is 48.0. The number of hydrogen-bond donors (Lipinski definition) is 0. The van der Waals surface area contributed by atoms with E-state index in [1.165, 1.54) is 0 Å². The van der Waals surface area contributed by atoms with Crippen molar-refractivity contribution in [3.8, 4) is 120 Å². The molecule has 0 amide bonds. The van der Waals surface area contributed by atoms with Gasteiger partial charge in [-0.3, -0.25) is 0 Å². The average molecular weight is 1170 g/mol. The van der Waals surface area contributed by atoms with Crippen molar-refractivity contribution in [1.29, 1.82) is 26.3 Å². The predicted molar refractivity (Wildman–Crippen MR) is 355 cm³/mol. The summed E-state index contributed by atoms with van der Waals surface area (Å²) < 4.78 is 4.09. The van der Waals surface area contributed by atoms with Crippen molar-refractivity contribution in [2.75, 3.05) is 0 Å². The molecule has 0 N–H and O–H groups in total. The molecule has 0 atom stereocenters. The van der Waals surface area contributed by atoms with Crippen LogP contribution < -0.4 is 0 Å². The highest BCUT2D eigenvalue weighted by Gasteiger charge is 2.26. The molecule has 0 aliphatic heterocycles. The maximum absolute atomic E-state index is 11.8. The van der Waals surface area contributed by atoms with Gasteiger partial charge in [0.2, 0.25) is 0 Å². The topological polar surface area (TPSA) is 185 Å². The molecule has 0 saturated heterocycles. The molecule has 418 valence electrons. The second-order valence-electron chi connectivity index (χ2n) is 21.5. The van der Waals surface area contributed by atoms with Crippen LogP contribution in [0.4, 0.5) is 22.7 Å². The summed E-state index contributed by atoms with van der Waals surface area (Å²) in [6.07, 6.45) is 0. The summed E-state index contributed by atoms with van der Waals surface area (Å²) in [6, 6.07) is 77.9. The van der Waals surface area contributed by atoms with E-state index < -0.39 is 0 Å².